The number of hydrogen-bond acceptors (Lipinski definition) is 3. The molecule has 0 radical (unpaired) electrons. The second-order valence-corrected chi connectivity index (χ2v) is 7.65. The molecule has 27 heavy (non-hydrogen) atoms. The number of carbonyl (C=O) groups excluding carboxylic acids is 1. The van der Waals surface area contributed by atoms with Gasteiger partial charge in [0.1, 0.15) is 0 Å². The number of piperidine rings is 1. The Hall–Kier alpha value is -2.49. The Balaban J connectivity index is 1.35. The number of likely N-dealkylation sites (tertiary alicyclic amines) is 1. The summed E-state index contributed by atoms with van der Waals surface area (Å²) in [7, 11) is 0. The van der Waals surface area contributed by atoms with Crippen LogP contribution in [0.5, 0.6) is 0 Å². The van der Waals surface area contributed by atoms with Gasteiger partial charge in [-0.3, -0.25) is 9.69 Å². The largest absolute Gasteiger partial charge is 0.389 e. The first-order valence-electron chi connectivity index (χ1n) is 9.62. The summed E-state index contributed by atoms with van der Waals surface area (Å²) in [6.45, 7) is 2.50. The van der Waals surface area contributed by atoms with Gasteiger partial charge in [0.25, 0.3) is 0 Å². The molecular weight excluding hydrogens is 334 g/mol. The summed E-state index contributed by atoms with van der Waals surface area (Å²) in [6.07, 6.45) is 1.49. The summed E-state index contributed by atoms with van der Waals surface area (Å²) in [6, 6.07) is 24.3. The number of ketones is 1. The van der Waals surface area contributed by atoms with Gasteiger partial charge in [-0.25, -0.2) is 0 Å². The molecular formula is C24H25NO2. The highest BCUT2D eigenvalue weighted by Crippen LogP contribution is 2.28. The molecule has 1 aliphatic rings. The van der Waals surface area contributed by atoms with Crippen molar-refractivity contribution in [3.8, 4) is 0 Å². The lowest BCUT2D eigenvalue weighted by atomic mass is 9.85. The predicted molar refractivity (Wildman–Crippen MR) is 109 cm³/mol. The highest BCUT2D eigenvalue weighted by molar-refractivity contribution is 5.96. The molecule has 3 aromatic carbocycles. The van der Waals surface area contributed by atoms with Crippen molar-refractivity contribution in [2.24, 2.45) is 0 Å². The van der Waals surface area contributed by atoms with Crippen molar-refractivity contribution in [2.75, 3.05) is 13.1 Å². The van der Waals surface area contributed by atoms with Gasteiger partial charge >= 0.3 is 0 Å². The molecule has 1 saturated heterocycles. The quantitative estimate of drug-likeness (QED) is 0.685. The molecule has 0 bridgehead atoms. The van der Waals surface area contributed by atoms with Crippen LogP contribution in [0.25, 0.3) is 10.8 Å². The molecule has 3 aromatic rings. The summed E-state index contributed by atoms with van der Waals surface area (Å²) < 4.78 is 0. The number of nitrogens with zero attached hydrogens (tertiary/aromatic N) is 1. The first kappa shape index (κ1) is 17.9. The molecule has 0 atom stereocenters. The molecule has 3 heteroatoms. The Kier molecular flexibility index (Phi) is 5.06. The van der Waals surface area contributed by atoms with E-state index < -0.39 is 5.60 Å². The van der Waals surface area contributed by atoms with Crippen LogP contribution in [0.15, 0.2) is 72.8 Å². The molecule has 0 amide bonds. The van der Waals surface area contributed by atoms with Crippen molar-refractivity contribution < 1.29 is 9.90 Å². The van der Waals surface area contributed by atoms with Crippen LogP contribution >= 0.6 is 0 Å². The molecule has 1 fully saturated rings. The second kappa shape index (κ2) is 7.63. The Labute approximate surface area is 160 Å². The van der Waals surface area contributed by atoms with Gasteiger partial charge in [0.15, 0.2) is 5.78 Å². The minimum atomic E-state index is -0.882. The molecule has 4 rings (SSSR count). The molecule has 0 unspecified atom stereocenters. The summed E-state index contributed by atoms with van der Waals surface area (Å²) in [5, 5.41) is 13.4. The third-order valence-electron chi connectivity index (χ3n) is 5.59. The van der Waals surface area contributed by atoms with E-state index in [0.717, 1.165) is 19.6 Å². The smallest absolute Gasteiger partial charge is 0.165 e. The lowest BCUT2D eigenvalue weighted by Crippen LogP contribution is -2.45. The third-order valence-corrected chi connectivity index (χ3v) is 5.59. The SMILES string of the molecule is O=C(CC1(O)CCN(Cc2ccc3ccccc3c2)CC1)c1ccccc1. The molecule has 0 saturated carbocycles. The molecule has 1 aliphatic heterocycles. The highest BCUT2D eigenvalue weighted by atomic mass is 16.3. The zero-order valence-electron chi connectivity index (χ0n) is 15.5. The zero-order chi connectivity index (χ0) is 18.7. The number of benzene rings is 3. The van der Waals surface area contributed by atoms with Crippen molar-refractivity contribution in [1.29, 1.82) is 0 Å². The van der Waals surface area contributed by atoms with E-state index in [1.807, 2.05) is 30.3 Å². The van der Waals surface area contributed by atoms with Gasteiger partial charge in [0, 0.05) is 31.6 Å². The number of Topliss-reactive ketones (excluding diaryl/α,β-unsaturated/α-hetero) is 1. The van der Waals surface area contributed by atoms with Gasteiger partial charge in [0.2, 0.25) is 0 Å². The minimum absolute atomic E-state index is 0.0288. The van der Waals surface area contributed by atoms with Crippen LogP contribution in [-0.2, 0) is 6.54 Å². The van der Waals surface area contributed by atoms with Crippen LogP contribution in [0.2, 0.25) is 0 Å². The summed E-state index contributed by atoms with van der Waals surface area (Å²) in [4.78, 5) is 14.8. The molecule has 3 nitrogen and oxygen atoms in total. The number of fused-ring (bicyclic) bond motifs is 1. The average Bonchev–Trinajstić information content (AvgIpc) is 2.70. The molecule has 0 aliphatic carbocycles. The van der Waals surface area contributed by atoms with Crippen LogP contribution < -0.4 is 0 Å². The van der Waals surface area contributed by atoms with E-state index in [1.54, 1.807) is 0 Å². The topological polar surface area (TPSA) is 40.5 Å². The van der Waals surface area contributed by atoms with Gasteiger partial charge in [-0.2, -0.15) is 0 Å². The maximum absolute atomic E-state index is 12.4. The van der Waals surface area contributed by atoms with Crippen LogP contribution in [0.4, 0.5) is 0 Å². The van der Waals surface area contributed by atoms with Crippen LogP contribution in [0, 0.1) is 0 Å². The Morgan fingerprint density at radius 3 is 2.30 bits per heavy atom. The van der Waals surface area contributed by atoms with E-state index in [9.17, 15) is 9.90 Å². The number of carbonyl (C=O) groups is 1. The summed E-state index contributed by atoms with van der Waals surface area (Å²) in [5.74, 6) is 0.0288. The first-order valence-corrected chi connectivity index (χ1v) is 9.62. The van der Waals surface area contributed by atoms with E-state index in [0.29, 0.717) is 18.4 Å². The standard InChI is InChI=1S/C24H25NO2/c26-23(21-7-2-1-3-8-21)17-24(27)12-14-25(15-13-24)18-19-10-11-20-6-4-5-9-22(20)16-19/h1-11,16,27H,12-15,17-18H2. The molecule has 1 N–H and O–H groups in total. The molecule has 0 aromatic heterocycles. The van der Waals surface area contributed by atoms with Gasteiger partial charge in [-0.15, -0.1) is 0 Å². The fourth-order valence-corrected chi connectivity index (χ4v) is 3.92. The Morgan fingerprint density at radius 2 is 1.56 bits per heavy atom. The number of aliphatic hydroxyl groups is 1. The maximum Gasteiger partial charge on any atom is 0.165 e. The maximum atomic E-state index is 12.4. The first-order chi connectivity index (χ1) is 13.1. The normalized spacial score (nSPS) is 17.1. The van der Waals surface area contributed by atoms with Gasteiger partial charge in [-0.1, -0.05) is 66.7 Å². The lowest BCUT2D eigenvalue weighted by molar-refractivity contribution is -0.0241. The number of rotatable bonds is 5. The zero-order valence-corrected chi connectivity index (χ0v) is 15.5. The van der Waals surface area contributed by atoms with Crippen molar-refractivity contribution in [2.45, 2.75) is 31.4 Å². The van der Waals surface area contributed by atoms with Crippen molar-refractivity contribution in [1.82, 2.24) is 4.90 Å². The monoisotopic (exact) mass is 359 g/mol. The van der Waals surface area contributed by atoms with Crippen molar-refractivity contribution >= 4 is 16.6 Å². The van der Waals surface area contributed by atoms with E-state index in [-0.39, 0.29) is 12.2 Å². The fraction of sp³-hybridized carbons (Fsp3) is 0.292. The highest BCUT2D eigenvalue weighted by Gasteiger charge is 2.34. The summed E-state index contributed by atoms with van der Waals surface area (Å²) in [5.41, 5.74) is 1.09. The molecule has 1 heterocycles. The van der Waals surface area contributed by atoms with Crippen LogP contribution in [0.1, 0.15) is 35.2 Å². The Morgan fingerprint density at radius 1 is 0.889 bits per heavy atom. The average molecular weight is 359 g/mol. The fourth-order valence-electron chi connectivity index (χ4n) is 3.92. The Bertz CT molecular complexity index is 927. The molecule has 0 spiro atoms. The van der Waals surface area contributed by atoms with Gasteiger partial charge < -0.3 is 5.11 Å². The van der Waals surface area contributed by atoms with Crippen LogP contribution in [-0.4, -0.2) is 34.5 Å². The van der Waals surface area contributed by atoms with Crippen molar-refractivity contribution in [3.05, 3.63) is 83.9 Å². The van der Waals surface area contributed by atoms with E-state index in [4.69, 9.17) is 0 Å². The third kappa shape index (κ3) is 4.26. The lowest BCUT2D eigenvalue weighted by Gasteiger charge is -2.38. The van der Waals surface area contributed by atoms with Gasteiger partial charge in [-0.05, 0) is 35.2 Å². The van der Waals surface area contributed by atoms with E-state index in [1.165, 1.54) is 16.3 Å². The number of hydrogen-bond donors (Lipinski definition) is 1. The van der Waals surface area contributed by atoms with E-state index in [2.05, 4.69) is 47.4 Å². The molecule has 138 valence electrons. The second-order valence-electron chi connectivity index (χ2n) is 7.65. The van der Waals surface area contributed by atoms with Crippen molar-refractivity contribution in [3.63, 3.8) is 0 Å². The van der Waals surface area contributed by atoms with Gasteiger partial charge in [0.05, 0.1) is 5.60 Å². The van der Waals surface area contributed by atoms with Crippen LogP contribution in [0.3, 0.4) is 0 Å². The minimum Gasteiger partial charge on any atom is -0.389 e. The van der Waals surface area contributed by atoms with E-state index >= 15 is 0 Å². The summed E-state index contributed by atoms with van der Waals surface area (Å²) >= 11 is 0. The predicted octanol–water partition coefficient (Wildman–Crippen LogP) is 4.44.